The third-order valence-corrected chi connectivity index (χ3v) is 5.23. The number of aryl methyl sites for hydroxylation is 4. The Morgan fingerprint density at radius 1 is 1.14 bits per heavy atom. The van der Waals surface area contributed by atoms with Crippen molar-refractivity contribution in [1.82, 2.24) is 10.2 Å². The summed E-state index contributed by atoms with van der Waals surface area (Å²) in [5, 5.41) is 6.75. The van der Waals surface area contributed by atoms with Crippen molar-refractivity contribution in [1.29, 1.82) is 0 Å². The van der Waals surface area contributed by atoms with E-state index in [4.69, 9.17) is 5.73 Å². The molecule has 0 radical (unpaired) electrons. The first-order valence-corrected chi connectivity index (χ1v) is 8.04. The van der Waals surface area contributed by atoms with Crippen LogP contribution >= 0.6 is 0 Å². The molecule has 0 spiro atoms. The van der Waals surface area contributed by atoms with Gasteiger partial charge in [0.2, 0.25) is 0 Å². The van der Waals surface area contributed by atoms with Gasteiger partial charge in [-0.15, -0.1) is 0 Å². The third-order valence-electron chi connectivity index (χ3n) is 3.59. The zero-order valence-electron chi connectivity index (χ0n) is 12.8. The third kappa shape index (κ3) is 2.61. The summed E-state index contributed by atoms with van der Waals surface area (Å²) in [5.74, 6) is 0. The second-order valence-electron chi connectivity index (χ2n) is 5.29. The maximum Gasteiger partial charge on any atom is 0.262 e. The summed E-state index contributed by atoms with van der Waals surface area (Å²) in [4.78, 5) is 0.227. The maximum absolute atomic E-state index is 12.7. The van der Waals surface area contributed by atoms with E-state index < -0.39 is 10.0 Å². The Morgan fingerprint density at radius 2 is 1.76 bits per heavy atom. The van der Waals surface area contributed by atoms with Gasteiger partial charge in [0.1, 0.15) is 0 Å². The molecule has 2 aromatic rings. The molecule has 0 aliphatic carbocycles. The summed E-state index contributed by atoms with van der Waals surface area (Å²) < 4.78 is 28.0. The highest BCUT2D eigenvalue weighted by Gasteiger charge is 2.24. The number of nitrogen functional groups attached to an aromatic ring is 1. The number of benzene rings is 1. The average Bonchev–Trinajstić information content (AvgIpc) is 2.67. The van der Waals surface area contributed by atoms with Gasteiger partial charge in [-0.05, 0) is 51.3 Å². The van der Waals surface area contributed by atoms with Crippen LogP contribution in [0.1, 0.15) is 28.1 Å². The van der Waals surface area contributed by atoms with E-state index in [9.17, 15) is 8.42 Å². The van der Waals surface area contributed by atoms with Crippen molar-refractivity contribution in [3.05, 3.63) is 34.1 Å². The minimum Gasteiger partial charge on any atom is -0.398 e. The number of hydrogen-bond donors (Lipinski definition) is 3. The Morgan fingerprint density at radius 3 is 2.29 bits per heavy atom. The van der Waals surface area contributed by atoms with Crippen LogP contribution in [0.4, 0.5) is 11.4 Å². The number of H-pyrrole nitrogens is 1. The molecule has 0 saturated carbocycles. The second kappa shape index (κ2) is 5.07. The van der Waals surface area contributed by atoms with Crippen LogP contribution in [0.25, 0.3) is 0 Å². The highest BCUT2D eigenvalue weighted by Crippen LogP contribution is 2.30. The molecule has 21 heavy (non-hydrogen) atoms. The molecule has 0 saturated heterocycles. The number of nitrogens with one attached hydrogen (secondary N) is 2. The first kappa shape index (κ1) is 15.4. The van der Waals surface area contributed by atoms with E-state index in [0.717, 1.165) is 5.56 Å². The minimum atomic E-state index is -3.72. The van der Waals surface area contributed by atoms with Gasteiger partial charge < -0.3 is 5.73 Å². The Balaban J connectivity index is 2.58. The number of hydrogen-bond acceptors (Lipinski definition) is 4. The van der Waals surface area contributed by atoms with E-state index in [-0.39, 0.29) is 4.90 Å². The van der Waals surface area contributed by atoms with Crippen LogP contribution in [0.15, 0.2) is 11.0 Å². The highest BCUT2D eigenvalue weighted by molar-refractivity contribution is 7.92. The predicted octanol–water partition coefficient (Wildman–Crippen LogP) is 2.33. The molecule has 0 unspecified atom stereocenters. The summed E-state index contributed by atoms with van der Waals surface area (Å²) >= 11 is 0. The summed E-state index contributed by atoms with van der Waals surface area (Å²) in [7, 11) is -3.72. The molecule has 4 N–H and O–H groups in total. The van der Waals surface area contributed by atoms with Gasteiger partial charge in [0.05, 0.1) is 22.0 Å². The molecule has 6 nitrogen and oxygen atoms in total. The van der Waals surface area contributed by atoms with Crippen LogP contribution in [0.5, 0.6) is 0 Å². The van der Waals surface area contributed by atoms with Gasteiger partial charge in [0.25, 0.3) is 10.0 Å². The monoisotopic (exact) mass is 308 g/mol. The molecule has 1 aromatic heterocycles. The molecule has 0 aliphatic heterocycles. The van der Waals surface area contributed by atoms with Crippen molar-refractivity contribution < 1.29 is 8.42 Å². The van der Waals surface area contributed by atoms with E-state index >= 15 is 0 Å². The van der Waals surface area contributed by atoms with Crippen molar-refractivity contribution in [3.8, 4) is 0 Å². The number of aromatic nitrogens is 2. The molecule has 1 aromatic carbocycles. The van der Waals surface area contributed by atoms with Crippen LogP contribution in [-0.2, 0) is 10.0 Å². The molecule has 0 aliphatic rings. The highest BCUT2D eigenvalue weighted by atomic mass is 32.2. The maximum atomic E-state index is 12.7. The normalized spacial score (nSPS) is 11.7. The van der Waals surface area contributed by atoms with Crippen LogP contribution in [0, 0.1) is 34.6 Å². The number of sulfonamides is 1. The summed E-state index contributed by atoms with van der Waals surface area (Å²) in [6.07, 6.45) is 0. The fourth-order valence-corrected chi connectivity index (χ4v) is 4.15. The van der Waals surface area contributed by atoms with Crippen molar-refractivity contribution >= 4 is 21.4 Å². The Labute approximate surface area is 124 Å². The van der Waals surface area contributed by atoms with Crippen molar-refractivity contribution in [2.24, 2.45) is 0 Å². The average molecular weight is 308 g/mol. The molecule has 0 bridgehead atoms. The summed E-state index contributed by atoms with van der Waals surface area (Å²) in [6.45, 7) is 8.86. The molecule has 7 heteroatoms. The van der Waals surface area contributed by atoms with E-state index in [1.165, 1.54) is 0 Å². The number of nitrogens with two attached hydrogens (primary N) is 1. The van der Waals surface area contributed by atoms with E-state index in [2.05, 4.69) is 14.9 Å². The number of anilines is 2. The fraction of sp³-hybridized carbons (Fsp3) is 0.357. The standard InChI is InChI=1S/C14H20N4O2S/c1-7-6-8(2)14(9(3)12(7)15)21(19,20)18-13-10(4)16-17-11(13)5/h6,18H,15H2,1-5H3,(H,16,17). The largest absolute Gasteiger partial charge is 0.398 e. The first-order valence-electron chi connectivity index (χ1n) is 6.55. The lowest BCUT2D eigenvalue weighted by Crippen LogP contribution is -2.17. The van der Waals surface area contributed by atoms with Gasteiger partial charge in [-0.3, -0.25) is 9.82 Å². The molecular weight excluding hydrogens is 288 g/mol. The molecule has 114 valence electrons. The fourth-order valence-electron chi connectivity index (χ4n) is 2.48. The molecule has 1 heterocycles. The first-order chi connectivity index (χ1) is 9.65. The Bertz CT molecular complexity index is 787. The van der Waals surface area contributed by atoms with Crippen LogP contribution < -0.4 is 10.5 Å². The zero-order valence-corrected chi connectivity index (χ0v) is 13.6. The Kier molecular flexibility index (Phi) is 3.71. The van der Waals surface area contributed by atoms with E-state index in [1.807, 2.05) is 6.92 Å². The lowest BCUT2D eigenvalue weighted by Gasteiger charge is -2.16. The molecule has 0 fully saturated rings. The number of aromatic amines is 1. The predicted molar refractivity (Wildman–Crippen MR) is 83.9 cm³/mol. The summed E-state index contributed by atoms with van der Waals surface area (Å²) in [5.41, 5.74) is 10.3. The minimum absolute atomic E-state index is 0.227. The quantitative estimate of drug-likeness (QED) is 0.757. The summed E-state index contributed by atoms with van der Waals surface area (Å²) in [6, 6.07) is 1.78. The van der Waals surface area contributed by atoms with Gasteiger partial charge in [0.15, 0.2) is 0 Å². The van der Waals surface area contributed by atoms with Crippen molar-refractivity contribution in [2.45, 2.75) is 39.5 Å². The molecular formula is C14H20N4O2S. The molecule has 0 atom stereocenters. The van der Waals surface area contributed by atoms with Crippen molar-refractivity contribution in [2.75, 3.05) is 10.5 Å². The van der Waals surface area contributed by atoms with Crippen molar-refractivity contribution in [3.63, 3.8) is 0 Å². The zero-order chi connectivity index (χ0) is 15.9. The van der Waals surface area contributed by atoms with E-state index in [0.29, 0.717) is 33.9 Å². The lowest BCUT2D eigenvalue weighted by molar-refractivity contribution is 0.600. The van der Waals surface area contributed by atoms with Gasteiger partial charge in [0, 0.05) is 5.69 Å². The van der Waals surface area contributed by atoms with Crippen LogP contribution in [0.2, 0.25) is 0 Å². The SMILES string of the molecule is Cc1cc(C)c(S(=O)(=O)Nc2c(C)n[nH]c2C)c(C)c1N. The molecule has 2 rings (SSSR count). The second-order valence-corrected chi connectivity index (χ2v) is 6.91. The molecule has 0 amide bonds. The van der Waals surface area contributed by atoms with Gasteiger partial charge in [-0.25, -0.2) is 8.42 Å². The van der Waals surface area contributed by atoms with Crippen LogP contribution in [-0.4, -0.2) is 18.6 Å². The number of rotatable bonds is 3. The van der Waals surface area contributed by atoms with Gasteiger partial charge in [-0.1, -0.05) is 6.07 Å². The smallest absolute Gasteiger partial charge is 0.262 e. The lowest BCUT2D eigenvalue weighted by atomic mass is 10.1. The number of nitrogens with zero attached hydrogens (tertiary/aromatic N) is 1. The topological polar surface area (TPSA) is 101 Å². The van der Waals surface area contributed by atoms with E-state index in [1.54, 1.807) is 33.8 Å². The Hall–Kier alpha value is -2.02. The van der Waals surface area contributed by atoms with Gasteiger partial charge in [-0.2, -0.15) is 5.10 Å². The van der Waals surface area contributed by atoms with Gasteiger partial charge >= 0.3 is 0 Å². The van der Waals surface area contributed by atoms with Crippen LogP contribution in [0.3, 0.4) is 0 Å².